The molecule has 2 aromatic rings. The minimum atomic E-state index is 0.101. The Balaban J connectivity index is 1.87. The van der Waals surface area contributed by atoms with Gasteiger partial charge in [0.15, 0.2) is 0 Å². The zero-order valence-corrected chi connectivity index (χ0v) is 12.0. The fourth-order valence-corrected chi connectivity index (χ4v) is 3.56. The molecule has 1 aromatic carbocycles. The summed E-state index contributed by atoms with van der Waals surface area (Å²) in [6, 6.07) is 10.8. The van der Waals surface area contributed by atoms with Crippen LogP contribution in [0.5, 0.6) is 0 Å². The highest BCUT2D eigenvalue weighted by molar-refractivity contribution is 5.29. The van der Waals surface area contributed by atoms with Gasteiger partial charge in [0, 0.05) is 31.1 Å². The number of aromatic nitrogens is 3. The second-order valence-electron chi connectivity index (χ2n) is 5.92. The number of hydrogen-bond donors (Lipinski definition) is 1. The van der Waals surface area contributed by atoms with Crippen LogP contribution < -0.4 is 5.73 Å². The summed E-state index contributed by atoms with van der Waals surface area (Å²) in [5, 5.41) is 8.19. The largest absolute Gasteiger partial charge is 0.327 e. The fourth-order valence-electron chi connectivity index (χ4n) is 3.56. The normalized spacial score (nSPS) is 19.1. The van der Waals surface area contributed by atoms with Crippen molar-refractivity contribution in [1.82, 2.24) is 15.0 Å². The van der Waals surface area contributed by atoms with Crippen LogP contribution in [-0.4, -0.2) is 21.0 Å². The van der Waals surface area contributed by atoms with Gasteiger partial charge in [-0.1, -0.05) is 48.4 Å². The first-order chi connectivity index (χ1) is 9.71. The van der Waals surface area contributed by atoms with E-state index in [0.717, 1.165) is 12.1 Å². The van der Waals surface area contributed by atoms with Crippen molar-refractivity contribution in [2.45, 2.75) is 43.6 Å². The first-order valence-corrected chi connectivity index (χ1v) is 7.37. The van der Waals surface area contributed by atoms with Gasteiger partial charge in [-0.05, 0) is 18.4 Å². The highest BCUT2D eigenvalue weighted by Gasteiger charge is 2.41. The third-order valence-corrected chi connectivity index (χ3v) is 4.63. The maximum absolute atomic E-state index is 6.61. The monoisotopic (exact) mass is 270 g/mol. The van der Waals surface area contributed by atoms with Crippen LogP contribution in [0.2, 0.25) is 0 Å². The van der Waals surface area contributed by atoms with Gasteiger partial charge in [-0.2, -0.15) is 0 Å². The van der Waals surface area contributed by atoms with Crippen LogP contribution in [-0.2, 0) is 18.9 Å². The summed E-state index contributed by atoms with van der Waals surface area (Å²) in [5.74, 6) is 0. The van der Waals surface area contributed by atoms with E-state index in [2.05, 4.69) is 40.6 Å². The molecule has 4 nitrogen and oxygen atoms in total. The summed E-state index contributed by atoms with van der Waals surface area (Å²) in [6.07, 6.45) is 7.65. The molecule has 1 aromatic heterocycles. The van der Waals surface area contributed by atoms with Gasteiger partial charge >= 0.3 is 0 Å². The lowest BCUT2D eigenvalue weighted by Crippen LogP contribution is -2.45. The predicted octanol–water partition coefficient (Wildman–Crippen LogP) is 2.20. The van der Waals surface area contributed by atoms with E-state index in [1.54, 1.807) is 4.68 Å². The molecule has 3 rings (SSSR count). The second kappa shape index (κ2) is 5.37. The van der Waals surface area contributed by atoms with Crippen LogP contribution >= 0.6 is 0 Å². The lowest BCUT2D eigenvalue weighted by Gasteiger charge is -2.35. The zero-order chi connectivity index (χ0) is 14.0. The van der Waals surface area contributed by atoms with E-state index >= 15 is 0 Å². The first-order valence-electron chi connectivity index (χ1n) is 7.37. The average Bonchev–Trinajstić information content (AvgIpc) is 3.10. The standard InChI is InChI=1S/C16H22N4/c1-20-12-14(18-19-20)11-15(17)16(9-5-6-10-16)13-7-3-2-4-8-13/h2-4,7-8,12,15H,5-6,9-11,17H2,1H3. The van der Waals surface area contributed by atoms with Crippen molar-refractivity contribution >= 4 is 0 Å². The van der Waals surface area contributed by atoms with Crippen molar-refractivity contribution in [3.63, 3.8) is 0 Å². The number of nitrogens with zero attached hydrogens (tertiary/aromatic N) is 3. The summed E-state index contributed by atoms with van der Waals surface area (Å²) in [5.41, 5.74) is 9.09. The molecule has 1 atom stereocenters. The van der Waals surface area contributed by atoms with Crippen molar-refractivity contribution in [1.29, 1.82) is 0 Å². The quantitative estimate of drug-likeness (QED) is 0.926. The molecule has 1 saturated carbocycles. The molecule has 1 aliphatic carbocycles. The molecule has 0 amide bonds. The Morgan fingerprint density at radius 2 is 1.95 bits per heavy atom. The molecule has 1 heterocycles. The Hall–Kier alpha value is -1.68. The van der Waals surface area contributed by atoms with Crippen molar-refractivity contribution < 1.29 is 0 Å². The first kappa shape index (κ1) is 13.3. The number of nitrogens with two attached hydrogens (primary N) is 1. The van der Waals surface area contributed by atoms with Crippen LogP contribution in [0.15, 0.2) is 36.5 Å². The van der Waals surface area contributed by atoms with Gasteiger partial charge in [0.1, 0.15) is 0 Å². The SMILES string of the molecule is Cn1cc(CC(N)C2(c3ccccc3)CCCC2)nn1. The zero-order valence-electron chi connectivity index (χ0n) is 12.0. The topological polar surface area (TPSA) is 56.7 Å². The van der Waals surface area contributed by atoms with Crippen molar-refractivity contribution in [3.8, 4) is 0 Å². The number of benzene rings is 1. The van der Waals surface area contributed by atoms with E-state index in [0.29, 0.717) is 0 Å². The van der Waals surface area contributed by atoms with Crippen LogP contribution in [0, 0.1) is 0 Å². The molecule has 0 saturated heterocycles. The van der Waals surface area contributed by atoms with Gasteiger partial charge < -0.3 is 5.73 Å². The smallest absolute Gasteiger partial charge is 0.0842 e. The van der Waals surface area contributed by atoms with Crippen LogP contribution in [0.4, 0.5) is 0 Å². The highest BCUT2D eigenvalue weighted by atomic mass is 15.4. The molecular weight excluding hydrogens is 248 g/mol. The van der Waals surface area contributed by atoms with Crippen molar-refractivity contribution in [2.24, 2.45) is 12.8 Å². The number of rotatable bonds is 4. The minimum absolute atomic E-state index is 0.101. The molecule has 0 radical (unpaired) electrons. The Morgan fingerprint density at radius 3 is 2.55 bits per heavy atom. The third-order valence-electron chi connectivity index (χ3n) is 4.63. The van der Waals surface area contributed by atoms with E-state index in [9.17, 15) is 0 Å². The molecule has 1 fully saturated rings. The summed E-state index contributed by atoms with van der Waals surface area (Å²) in [4.78, 5) is 0. The maximum Gasteiger partial charge on any atom is 0.0842 e. The van der Waals surface area contributed by atoms with Gasteiger partial charge in [0.25, 0.3) is 0 Å². The van der Waals surface area contributed by atoms with E-state index in [-0.39, 0.29) is 11.5 Å². The van der Waals surface area contributed by atoms with Gasteiger partial charge in [0.2, 0.25) is 0 Å². The second-order valence-corrected chi connectivity index (χ2v) is 5.92. The van der Waals surface area contributed by atoms with E-state index in [1.165, 1.54) is 31.2 Å². The van der Waals surface area contributed by atoms with E-state index < -0.39 is 0 Å². The molecule has 20 heavy (non-hydrogen) atoms. The lowest BCUT2D eigenvalue weighted by molar-refractivity contribution is 0.345. The average molecular weight is 270 g/mol. The summed E-state index contributed by atoms with van der Waals surface area (Å²) in [6.45, 7) is 0. The van der Waals surface area contributed by atoms with E-state index in [1.807, 2.05) is 13.2 Å². The van der Waals surface area contributed by atoms with Crippen LogP contribution in [0.25, 0.3) is 0 Å². The van der Waals surface area contributed by atoms with E-state index in [4.69, 9.17) is 5.73 Å². The molecule has 1 unspecified atom stereocenters. The Labute approximate surface area is 120 Å². The lowest BCUT2D eigenvalue weighted by atomic mass is 9.71. The van der Waals surface area contributed by atoms with Crippen molar-refractivity contribution in [3.05, 3.63) is 47.8 Å². The summed E-state index contributed by atoms with van der Waals surface area (Å²) >= 11 is 0. The molecule has 4 heteroatoms. The van der Waals surface area contributed by atoms with Crippen molar-refractivity contribution in [2.75, 3.05) is 0 Å². The van der Waals surface area contributed by atoms with Gasteiger partial charge in [-0.25, -0.2) is 0 Å². The highest BCUT2D eigenvalue weighted by Crippen LogP contribution is 2.43. The molecule has 0 spiro atoms. The van der Waals surface area contributed by atoms with Crippen LogP contribution in [0.3, 0.4) is 0 Å². The molecule has 1 aliphatic rings. The Morgan fingerprint density at radius 1 is 1.25 bits per heavy atom. The third kappa shape index (κ3) is 2.36. The molecule has 0 bridgehead atoms. The molecule has 2 N–H and O–H groups in total. The van der Waals surface area contributed by atoms with Crippen LogP contribution in [0.1, 0.15) is 36.9 Å². The van der Waals surface area contributed by atoms with Gasteiger partial charge in [-0.15, -0.1) is 5.10 Å². The molecular formula is C16H22N4. The summed E-state index contributed by atoms with van der Waals surface area (Å²) < 4.78 is 1.74. The van der Waals surface area contributed by atoms with Gasteiger partial charge in [-0.3, -0.25) is 4.68 Å². The maximum atomic E-state index is 6.61. The fraction of sp³-hybridized carbons (Fsp3) is 0.500. The number of aryl methyl sites for hydroxylation is 1. The minimum Gasteiger partial charge on any atom is -0.327 e. The Bertz CT molecular complexity index is 555. The summed E-state index contributed by atoms with van der Waals surface area (Å²) in [7, 11) is 1.89. The molecule has 106 valence electrons. The predicted molar refractivity (Wildman–Crippen MR) is 79.3 cm³/mol. The molecule has 0 aliphatic heterocycles. The number of hydrogen-bond acceptors (Lipinski definition) is 3. The Kier molecular flexibility index (Phi) is 3.57. The van der Waals surface area contributed by atoms with Gasteiger partial charge in [0.05, 0.1) is 5.69 Å².